The maximum atomic E-state index is 11.9. The Morgan fingerprint density at radius 3 is 2.86 bits per heavy atom. The summed E-state index contributed by atoms with van der Waals surface area (Å²) in [5, 5.41) is 24.2. The molecule has 1 aromatic rings. The second kappa shape index (κ2) is 5.75. The number of nitrogens with zero attached hydrogens (tertiary/aromatic N) is 4. The largest absolute Gasteiger partial charge is 0.386 e. The summed E-state index contributed by atoms with van der Waals surface area (Å²) in [7, 11) is 0. The maximum Gasteiger partial charge on any atom is 0.330 e. The summed E-state index contributed by atoms with van der Waals surface area (Å²) in [6.07, 6.45) is 3.01. The number of hydrogen-bond acceptors (Lipinski definition) is 6. The zero-order valence-electron chi connectivity index (χ0n) is 10.9. The van der Waals surface area contributed by atoms with Gasteiger partial charge in [0.05, 0.1) is 0 Å². The first-order valence-electron chi connectivity index (χ1n) is 5.84. The van der Waals surface area contributed by atoms with Crippen LogP contribution in [0, 0.1) is 12.3 Å². The number of azide groups is 1. The average molecular weight is 419 g/mol. The van der Waals surface area contributed by atoms with Crippen molar-refractivity contribution in [2.75, 3.05) is 4.43 Å². The van der Waals surface area contributed by atoms with Gasteiger partial charge in [0, 0.05) is 21.6 Å². The summed E-state index contributed by atoms with van der Waals surface area (Å²) in [5.41, 5.74) is 2.91. The van der Waals surface area contributed by atoms with Crippen molar-refractivity contribution < 1.29 is 14.9 Å². The van der Waals surface area contributed by atoms with Crippen molar-refractivity contribution in [3.8, 4) is 12.3 Å². The molecule has 10 nitrogen and oxygen atoms in total. The first kappa shape index (κ1) is 16.5. The molecule has 0 saturated carbocycles. The third kappa shape index (κ3) is 2.31. The van der Waals surface area contributed by atoms with Gasteiger partial charge in [-0.05, 0) is 5.53 Å². The molecule has 1 fully saturated rings. The summed E-state index contributed by atoms with van der Waals surface area (Å²) < 4.78 is 6.21. The predicted molar refractivity (Wildman–Crippen MR) is 82.0 cm³/mol. The van der Waals surface area contributed by atoms with E-state index in [-0.39, 0.29) is 4.43 Å². The number of hydrogen-bond donors (Lipinski definition) is 3. The van der Waals surface area contributed by atoms with Crippen molar-refractivity contribution in [1.29, 1.82) is 0 Å². The highest BCUT2D eigenvalue weighted by atomic mass is 127. The van der Waals surface area contributed by atoms with Crippen molar-refractivity contribution in [3.63, 3.8) is 0 Å². The standard InChI is InChI=1S/C11H10IN5O5/c1-2-10(21)7(19)11(5-12,15-16-13)22-8(10)17-4-3-6(18)14-9(17)20/h1,3-4,7-8,19,21H,5H2,(H,14,18,20)/t7-,8+,10+,11?/m0/s1. The van der Waals surface area contributed by atoms with Crippen molar-refractivity contribution in [3.05, 3.63) is 43.5 Å². The molecule has 4 atom stereocenters. The number of aromatic amines is 1. The van der Waals surface area contributed by atoms with Gasteiger partial charge in [0.25, 0.3) is 5.56 Å². The van der Waals surface area contributed by atoms with Crippen molar-refractivity contribution >= 4 is 22.6 Å². The molecule has 1 aromatic heterocycles. The molecule has 2 heterocycles. The van der Waals surface area contributed by atoms with Crippen molar-refractivity contribution in [2.45, 2.75) is 23.7 Å². The Labute approximate surface area is 136 Å². The lowest BCUT2D eigenvalue weighted by Gasteiger charge is -2.27. The Hall–Kier alpha value is -1.84. The van der Waals surface area contributed by atoms with Gasteiger partial charge in [0.2, 0.25) is 0 Å². The molecule has 1 saturated heterocycles. The highest BCUT2D eigenvalue weighted by molar-refractivity contribution is 14.1. The quantitative estimate of drug-likeness (QED) is 0.147. The van der Waals surface area contributed by atoms with Crippen LogP contribution >= 0.6 is 22.6 Å². The van der Waals surface area contributed by atoms with E-state index in [0.717, 1.165) is 16.8 Å². The van der Waals surface area contributed by atoms with Gasteiger partial charge in [-0.25, -0.2) is 4.79 Å². The number of nitrogens with one attached hydrogen (secondary N) is 1. The lowest BCUT2D eigenvalue weighted by atomic mass is 9.92. The van der Waals surface area contributed by atoms with Gasteiger partial charge in [-0.3, -0.25) is 14.3 Å². The second-order valence-corrected chi connectivity index (χ2v) is 5.29. The van der Waals surface area contributed by atoms with E-state index in [1.54, 1.807) is 22.6 Å². The van der Waals surface area contributed by atoms with E-state index < -0.39 is 34.9 Å². The van der Waals surface area contributed by atoms with Gasteiger partial charge >= 0.3 is 5.69 Å². The number of ether oxygens (including phenoxy) is 1. The van der Waals surface area contributed by atoms with E-state index in [1.807, 2.05) is 10.9 Å². The first-order chi connectivity index (χ1) is 10.3. The minimum absolute atomic E-state index is 0.0332. The summed E-state index contributed by atoms with van der Waals surface area (Å²) in [6.45, 7) is 0. The minimum Gasteiger partial charge on any atom is -0.386 e. The van der Waals surface area contributed by atoms with E-state index in [9.17, 15) is 19.8 Å². The molecule has 0 bridgehead atoms. The van der Waals surface area contributed by atoms with Crippen LogP contribution in [0.25, 0.3) is 10.4 Å². The van der Waals surface area contributed by atoms with Crippen LogP contribution in [-0.2, 0) is 4.74 Å². The number of halogens is 1. The molecule has 0 radical (unpaired) electrons. The number of terminal acetylenes is 1. The number of aromatic nitrogens is 2. The molecule has 1 aliphatic rings. The van der Waals surface area contributed by atoms with Crippen LogP contribution in [0.2, 0.25) is 0 Å². The summed E-state index contributed by atoms with van der Waals surface area (Å²) >= 11 is 1.78. The van der Waals surface area contributed by atoms with Gasteiger partial charge in [-0.2, -0.15) is 0 Å². The van der Waals surface area contributed by atoms with Gasteiger partial charge in [0.15, 0.2) is 17.6 Å². The Bertz CT molecular complexity index is 793. The molecule has 2 rings (SSSR count). The van der Waals surface area contributed by atoms with E-state index in [1.165, 1.54) is 0 Å². The molecule has 0 aromatic carbocycles. The molecule has 1 unspecified atom stereocenters. The molecular weight excluding hydrogens is 409 g/mol. The number of H-pyrrole nitrogens is 1. The molecule has 1 aliphatic heterocycles. The summed E-state index contributed by atoms with van der Waals surface area (Å²) in [5.74, 6) is 1.97. The molecule has 3 N–H and O–H groups in total. The smallest absolute Gasteiger partial charge is 0.330 e. The molecule has 0 amide bonds. The zero-order valence-corrected chi connectivity index (χ0v) is 13.0. The molecule has 11 heteroatoms. The highest BCUT2D eigenvalue weighted by Crippen LogP contribution is 2.45. The maximum absolute atomic E-state index is 11.9. The fourth-order valence-electron chi connectivity index (χ4n) is 2.14. The van der Waals surface area contributed by atoms with Crippen LogP contribution < -0.4 is 11.2 Å². The molecule has 116 valence electrons. The summed E-state index contributed by atoms with van der Waals surface area (Å²) in [4.78, 5) is 27.5. The number of alkyl halides is 1. The monoisotopic (exact) mass is 419 g/mol. The van der Waals surface area contributed by atoms with Crippen LogP contribution in [0.1, 0.15) is 6.23 Å². The molecular formula is C11H10IN5O5. The minimum atomic E-state index is -2.33. The van der Waals surface area contributed by atoms with Crippen molar-refractivity contribution in [1.82, 2.24) is 9.55 Å². The first-order valence-corrected chi connectivity index (χ1v) is 7.37. The van der Waals surface area contributed by atoms with Crippen LogP contribution in [0.3, 0.4) is 0 Å². The normalized spacial score (nSPS) is 33.9. The number of rotatable bonds is 3. The Kier molecular flexibility index (Phi) is 4.32. The fourth-order valence-corrected chi connectivity index (χ4v) is 2.89. The lowest BCUT2D eigenvalue weighted by Crippen LogP contribution is -2.51. The topological polar surface area (TPSA) is 153 Å². The van der Waals surface area contributed by atoms with Gasteiger partial charge < -0.3 is 14.9 Å². The molecule has 22 heavy (non-hydrogen) atoms. The second-order valence-electron chi connectivity index (χ2n) is 4.53. The van der Waals surface area contributed by atoms with Crippen LogP contribution in [0.5, 0.6) is 0 Å². The third-order valence-corrected chi connectivity index (χ3v) is 4.37. The van der Waals surface area contributed by atoms with Crippen LogP contribution in [-0.4, -0.2) is 41.6 Å². The fraction of sp³-hybridized carbons (Fsp3) is 0.455. The Balaban J connectivity index is 2.66. The van der Waals surface area contributed by atoms with Crippen molar-refractivity contribution in [2.24, 2.45) is 5.11 Å². The number of aliphatic hydroxyl groups is 2. The van der Waals surface area contributed by atoms with Gasteiger partial charge in [-0.1, -0.05) is 33.6 Å². The van der Waals surface area contributed by atoms with Gasteiger partial charge in [-0.15, -0.1) is 6.42 Å². The summed E-state index contributed by atoms with van der Waals surface area (Å²) in [6, 6.07) is 1.02. The van der Waals surface area contributed by atoms with E-state index >= 15 is 0 Å². The Morgan fingerprint density at radius 1 is 1.68 bits per heavy atom. The SMILES string of the molecule is C#C[C@@]1(O)[C@H](O)C(CI)(N=[N+]=[N-])O[C@H]1n1ccc(=O)[nH]c1=O. The predicted octanol–water partition coefficient (Wildman–Crippen LogP) is -0.768. The van der Waals surface area contributed by atoms with E-state index in [4.69, 9.17) is 16.7 Å². The zero-order chi connectivity index (χ0) is 16.5. The van der Waals surface area contributed by atoms with Gasteiger partial charge in [0.1, 0.15) is 6.10 Å². The van der Waals surface area contributed by atoms with Crippen LogP contribution in [0.15, 0.2) is 27.0 Å². The number of aliphatic hydroxyl groups excluding tert-OH is 1. The Morgan fingerprint density at radius 2 is 2.36 bits per heavy atom. The van der Waals surface area contributed by atoms with Crippen LogP contribution in [0.4, 0.5) is 0 Å². The van der Waals surface area contributed by atoms with E-state index in [2.05, 4.69) is 10.0 Å². The third-order valence-electron chi connectivity index (χ3n) is 3.28. The molecule has 0 spiro atoms. The highest BCUT2D eigenvalue weighted by Gasteiger charge is 2.63. The molecule has 0 aliphatic carbocycles. The average Bonchev–Trinajstić information content (AvgIpc) is 2.71. The van der Waals surface area contributed by atoms with E-state index in [0.29, 0.717) is 0 Å². The lowest BCUT2D eigenvalue weighted by molar-refractivity contribution is -0.0926.